The molecule has 0 radical (unpaired) electrons. The molecule has 5 N–H and O–H groups in total. The Hall–Kier alpha value is -3.64. The Morgan fingerprint density at radius 3 is 2.07 bits per heavy atom. The van der Waals surface area contributed by atoms with Crippen molar-refractivity contribution < 1.29 is 9.59 Å². The molecule has 3 aromatic carbocycles. The Morgan fingerprint density at radius 2 is 1.36 bits per heavy atom. The summed E-state index contributed by atoms with van der Waals surface area (Å²) in [7, 11) is 0. The van der Waals surface area contributed by atoms with Crippen LogP contribution in [0.25, 0.3) is 0 Å². The quantitative estimate of drug-likeness (QED) is 0.499. The van der Waals surface area contributed by atoms with E-state index in [4.69, 9.17) is 5.73 Å². The van der Waals surface area contributed by atoms with E-state index in [-0.39, 0.29) is 6.54 Å². The molecule has 6 heteroatoms. The van der Waals surface area contributed by atoms with Gasteiger partial charge in [0.25, 0.3) is 0 Å². The largest absolute Gasteiger partial charge is 0.356 e. The molecule has 3 aromatic rings. The SMILES string of the molecule is NCc1cccc(CNC(=O)C(=O)Nc2ccc(Nc3ccccc3)cc2)c1. The molecule has 0 atom stereocenters. The lowest BCUT2D eigenvalue weighted by Gasteiger charge is -2.09. The third-order valence-corrected chi connectivity index (χ3v) is 4.09. The summed E-state index contributed by atoms with van der Waals surface area (Å²) < 4.78 is 0. The first kappa shape index (κ1) is 19.1. The maximum absolute atomic E-state index is 12.1. The molecule has 0 aromatic heterocycles. The molecule has 0 heterocycles. The molecule has 0 aliphatic carbocycles. The summed E-state index contributed by atoms with van der Waals surface area (Å²) in [4.78, 5) is 24.1. The summed E-state index contributed by atoms with van der Waals surface area (Å²) in [6.45, 7) is 0.692. The van der Waals surface area contributed by atoms with E-state index < -0.39 is 11.8 Å². The van der Waals surface area contributed by atoms with Crippen LogP contribution < -0.4 is 21.7 Å². The highest BCUT2D eigenvalue weighted by molar-refractivity contribution is 6.39. The second-order valence-corrected chi connectivity index (χ2v) is 6.23. The van der Waals surface area contributed by atoms with Gasteiger partial charge in [-0.3, -0.25) is 9.59 Å². The Morgan fingerprint density at radius 1 is 0.714 bits per heavy atom. The van der Waals surface area contributed by atoms with E-state index in [9.17, 15) is 9.59 Å². The van der Waals surface area contributed by atoms with Crippen molar-refractivity contribution in [2.45, 2.75) is 13.1 Å². The minimum Gasteiger partial charge on any atom is -0.356 e. The van der Waals surface area contributed by atoms with E-state index in [0.29, 0.717) is 12.2 Å². The maximum Gasteiger partial charge on any atom is 0.313 e. The number of hydrogen-bond acceptors (Lipinski definition) is 4. The van der Waals surface area contributed by atoms with Crippen LogP contribution in [0.4, 0.5) is 17.1 Å². The van der Waals surface area contributed by atoms with Gasteiger partial charge in [-0.2, -0.15) is 0 Å². The first-order valence-corrected chi connectivity index (χ1v) is 8.93. The van der Waals surface area contributed by atoms with E-state index >= 15 is 0 Å². The molecule has 3 rings (SSSR count). The molecule has 0 saturated carbocycles. The smallest absolute Gasteiger partial charge is 0.313 e. The molecular weight excluding hydrogens is 352 g/mol. The van der Waals surface area contributed by atoms with Crippen LogP contribution in [0.5, 0.6) is 0 Å². The summed E-state index contributed by atoms with van der Waals surface area (Å²) >= 11 is 0. The van der Waals surface area contributed by atoms with Crippen molar-refractivity contribution in [3.05, 3.63) is 90.0 Å². The third kappa shape index (κ3) is 5.43. The second kappa shape index (κ2) is 9.34. The summed E-state index contributed by atoms with van der Waals surface area (Å²) in [5, 5.41) is 8.46. The molecular formula is C22H22N4O2. The first-order chi connectivity index (χ1) is 13.6. The van der Waals surface area contributed by atoms with Gasteiger partial charge in [0, 0.05) is 30.2 Å². The third-order valence-electron chi connectivity index (χ3n) is 4.09. The molecule has 28 heavy (non-hydrogen) atoms. The van der Waals surface area contributed by atoms with E-state index in [1.807, 2.05) is 66.7 Å². The van der Waals surface area contributed by atoms with Gasteiger partial charge < -0.3 is 21.7 Å². The number of benzene rings is 3. The van der Waals surface area contributed by atoms with Crippen molar-refractivity contribution in [3.63, 3.8) is 0 Å². The van der Waals surface area contributed by atoms with Crippen LogP contribution in [0.3, 0.4) is 0 Å². The summed E-state index contributed by atoms with van der Waals surface area (Å²) in [6, 6.07) is 24.5. The molecule has 0 fully saturated rings. The predicted octanol–water partition coefficient (Wildman–Crippen LogP) is 3.14. The summed E-state index contributed by atoms with van der Waals surface area (Å²) in [5.41, 5.74) is 9.87. The average molecular weight is 374 g/mol. The Labute approximate surface area is 163 Å². The lowest BCUT2D eigenvalue weighted by Crippen LogP contribution is -2.34. The van der Waals surface area contributed by atoms with Gasteiger partial charge in [-0.15, -0.1) is 0 Å². The molecule has 0 spiro atoms. The van der Waals surface area contributed by atoms with Gasteiger partial charge in [-0.25, -0.2) is 0 Å². The van der Waals surface area contributed by atoms with Crippen molar-refractivity contribution in [3.8, 4) is 0 Å². The number of nitrogens with two attached hydrogens (primary N) is 1. The number of rotatable bonds is 6. The minimum absolute atomic E-state index is 0.264. The monoisotopic (exact) mass is 374 g/mol. The van der Waals surface area contributed by atoms with Gasteiger partial charge in [-0.05, 0) is 47.5 Å². The maximum atomic E-state index is 12.1. The number of hydrogen-bond donors (Lipinski definition) is 4. The lowest BCUT2D eigenvalue weighted by molar-refractivity contribution is -0.136. The highest BCUT2D eigenvalue weighted by atomic mass is 16.2. The molecule has 6 nitrogen and oxygen atoms in total. The van der Waals surface area contributed by atoms with E-state index in [2.05, 4.69) is 16.0 Å². The summed E-state index contributed by atoms with van der Waals surface area (Å²) in [6.07, 6.45) is 0. The molecule has 0 bridgehead atoms. The molecule has 0 aliphatic heterocycles. The standard InChI is InChI=1S/C22H22N4O2/c23-14-16-5-4-6-17(13-16)15-24-21(27)22(28)26-20-11-9-19(10-12-20)25-18-7-2-1-3-8-18/h1-13,25H,14-15,23H2,(H,24,27)(H,26,28). The fourth-order valence-electron chi connectivity index (χ4n) is 2.64. The average Bonchev–Trinajstić information content (AvgIpc) is 2.74. The van der Waals surface area contributed by atoms with Crippen LogP contribution in [-0.2, 0) is 22.7 Å². The zero-order valence-corrected chi connectivity index (χ0v) is 15.3. The Kier molecular flexibility index (Phi) is 6.38. The highest BCUT2D eigenvalue weighted by Gasteiger charge is 2.13. The Balaban J connectivity index is 1.51. The number of para-hydroxylation sites is 1. The second-order valence-electron chi connectivity index (χ2n) is 6.23. The van der Waals surface area contributed by atoms with Crippen LogP contribution in [0.1, 0.15) is 11.1 Å². The zero-order valence-electron chi connectivity index (χ0n) is 15.3. The normalized spacial score (nSPS) is 10.2. The first-order valence-electron chi connectivity index (χ1n) is 8.93. The molecule has 142 valence electrons. The molecule has 0 unspecified atom stereocenters. The highest BCUT2D eigenvalue weighted by Crippen LogP contribution is 2.18. The fourth-order valence-corrected chi connectivity index (χ4v) is 2.64. The van der Waals surface area contributed by atoms with Crippen LogP contribution >= 0.6 is 0 Å². The van der Waals surface area contributed by atoms with Crippen molar-refractivity contribution in [2.75, 3.05) is 10.6 Å². The number of carbonyl (C=O) groups excluding carboxylic acids is 2. The van der Waals surface area contributed by atoms with Gasteiger partial charge in [0.05, 0.1) is 0 Å². The molecule has 2 amide bonds. The zero-order chi connectivity index (χ0) is 19.8. The predicted molar refractivity (Wildman–Crippen MR) is 111 cm³/mol. The van der Waals surface area contributed by atoms with E-state index in [1.165, 1.54) is 0 Å². The Bertz CT molecular complexity index is 940. The number of amides is 2. The van der Waals surface area contributed by atoms with Crippen molar-refractivity contribution in [1.29, 1.82) is 0 Å². The molecule has 0 aliphatic rings. The number of carbonyl (C=O) groups is 2. The van der Waals surface area contributed by atoms with Crippen molar-refractivity contribution in [1.82, 2.24) is 5.32 Å². The number of anilines is 3. The molecule has 0 saturated heterocycles. The van der Waals surface area contributed by atoms with Gasteiger partial charge in [0.1, 0.15) is 0 Å². The van der Waals surface area contributed by atoms with Crippen LogP contribution in [0, 0.1) is 0 Å². The minimum atomic E-state index is -0.709. The van der Waals surface area contributed by atoms with Gasteiger partial charge in [0.15, 0.2) is 0 Å². The fraction of sp³-hybridized carbons (Fsp3) is 0.0909. The van der Waals surface area contributed by atoms with Gasteiger partial charge >= 0.3 is 11.8 Å². The van der Waals surface area contributed by atoms with Crippen molar-refractivity contribution in [2.24, 2.45) is 5.73 Å². The van der Waals surface area contributed by atoms with Crippen LogP contribution in [0.15, 0.2) is 78.9 Å². The van der Waals surface area contributed by atoms with E-state index in [1.54, 1.807) is 12.1 Å². The van der Waals surface area contributed by atoms with Crippen LogP contribution in [0.2, 0.25) is 0 Å². The number of nitrogens with one attached hydrogen (secondary N) is 3. The van der Waals surface area contributed by atoms with Crippen LogP contribution in [-0.4, -0.2) is 11.8 Å². The van der Waals surface area contributed by atoms with E-state index in [0.717, 1.165) is 22.5 Å². The summed E-state index contributed by atoms with van der Waals surface area (Å²) in [5.74, 6) is -1.40. The van der Waals surface area contributed by atoms with Gasteiger partial charge in [-0.1, -0.05) is 42.5 Å². The lowest BCUT2D eigenvalue weighted by atomic mass is 10.1. The van der Waals surface area contributed by atoms with Gasteiger partial charge in [0.2, 0.25) is 0 Å². The topological polar surface area (TPSA) is 96.2 Å². The van der Waals surface area contributed by atoms with Crippen molar-refractivity contribution >= 4 is 28.9 Å².